The Hall–Kier alpha value is -1.59. The van der Waals surface area contributed by atoms with E-state index in [1.165, 1.54) is 18.5 Å². The van der Waals surface area contributed by atoms with Crippen molar-refractivity contribution in [1.82, 2.24) is 15.5 Å². The van der Waals surface area contributed by atoms with Crippen LogP contribution in [0.5, 0.6) is 0 Å². The molecule has 0 unspecified atom stereocenters. The lowest BCUT2D eigenvalue weighted by atomic mass is 10.1. The first-order chi connectivity index (χ1) is 12.2. The Morgan fingerprint density at radius 2 is 2.16 bits per heavy atom. The highest BCUT2D eigenvalue weighted by molar-refractivity contribution is 5.80. The van der Waals surface area contributed by atoms with E-state index in [1.54, 1.807) is 7.11 Å². The van der Waals surface area contributed by atoms with Crippen LogP contribution >= 0.6 is 0 Å². The maximum Gasteiger partial charge on any atom is 0.191 e. The first-order valence-electron chi connectivity index (χ1n) is 9.51. The molecule has 1 aliphatic heterocycles. The number of hydrogen-bond acceptors (Lipinski definition) is 3. The van der Waals surface area contributed by atoms with E-state index in [0.717, 1.165) is 38.6 Å². The van der Waals surface area contributed by atoms with E-state index < -0.39 is 0 Å². The fraction of sp³-hybridized carbons (Fsp3) is 0.650. The monoisotopic (exact) mass is 346 g/mol. The van der Waals surface area contributed by atoms with Gasteiger partial charge in [0.05, 0.1) is 13.2 Å². The molecule has 0 aliphatic carbocycles. The van der Waals surface area contributed by atoms with Crippen LogP contribution < -0.4 is 10.6 Å². The van der Waals surface area contributed by atoms with Crippen molar-refractivity contribution in [2.24, 2.45) is 10.9 Å². The van der Waals surface area contributed by atoms with E-state index in [-0.39, 0.29) is 0 Å². The Morgan fingerprint density at radius 3 is 2.88 bits per heavy atom. The van der Waals surface area contributed by atoms with Crippen LogP contribution in [-0.4, -0.2) is 56.8 Å². The van der Waals surface area contributed by atoms with Gasteiger partial charge >= 0.3 is 0 Å². The zero-order valence-electron chi connectivity index (χ0n) is 16.0. The van der Waals surface area contributed by atoms with Crippen LogP contribution in [0.2, 0.25) is 0 Å². The smallest absolute Gasteiger partial charge is 0.191 e. The van der Waals surface area contributed by atoms with Gasteiger partial charge < -0.3 is 20.3 Å². The summed E-state index contributed by atoms with van der Waals surface area (Å²) < 4.78 is 5.18. The quantitative estimate of drug-likeness (QED) is 0.533. The normalized spacial score (nSPS) is 19.8. The molecule has 140 valence electrons. The van der Waals surface area contributed by atoms with Crippen LogP contribution in [0.15, 0.2) is 35.3 Å². The van der Waals surface area contributed by atoms with Crippen molar-refractivity contribution in [3.05, 3.63) is 35.9 Å². The number of nitrogens with one attached hydrogen (secondary N) is 2. The highest BCUT2D eigenvalue weighted by Gasteiger charge is 2.22. The number of benzene rings is 1. The van der Waals surface area contributed by atoms with E-state index in [2.05, 4.69) is 53.6 Å². The summed E-state index contributed by atoms with van der Waals surface area (Å²) in [6.07, 6.45) is 2.33. The zero-order chi connectivity index (χ0) is 17.9. The van der Waals surface area contributed by atoms with Crippen LogP contribution in [0.4, 0.5) is 0 Å². The number of likely N-dealkylation sites (tertiary alicyclic amines) is 1. The Balaban J connectivity index is 1.84. The first-order valence-corrected chi connectivity index (χ1v) is 9.51. The fourth-order valence-electron chi connectivity index (χ4n) is 2.99. The molecule has 5 nitrogen and oxygen atoms in total. The van der Waals surface area contributed by atoms with Gasteiger partial charge in [0.25, 0.3) is 0 Å². The zero-order valence-corrected chi connectivity index (χ0v) is 16.0. The van der Waals surface area contributed by atoms with Crippen LogP contribution in [0.25, 0.3) is 0 Å². The minimum Gasteiger partial charge on any atom is -0.383 e. The summed E-state index contributed by atoms with van der Waals surface area (Å²) in [6.45, 7) is 10.2. The molecule has 2 rings (SSSR count). The van der Waals surface area contributed by atoms with Gasteiger partial charge in [-0.2, -0.15) is 0 Å². The van der Waals surface area contributed by atoms with E-state index in [9.17, 15) is 0 Å². The number of guanidine groups is 1. The molecule has 5 heteroatoms. The van der Waals surface area contributed by atoms with E-state index in [0.29, 0.717) is 18.5 Å². The Labute approximate surface area is 152 Å². The number of hydrogen-bond donors (Lipinski definition) is 2. The molecule has 1 heterocycles. The van der Waals surface area contributed by atoms with E-state index >= 15 is 0 Å². The second kappa shape index (κ2) is 11.1. The maximum atomic E-state index is 5.18. The Bertz CT molecular complexity index is 506. The number of ether oxygens (including phenoxy) is 1. The average Bonchev–Trinajstić information content (AvgIpc) is 3.10. The summed E-state index contributed by atoms with van der Waals surface area (Å²) in [6, 6.07) is 10.8. The third-order valence-electron chi connectivity index (χ3n) is 4.80. The molecule has 1 saturated heterocycles. The molecule has 1 aromatic rings. The fourth-order valence-corrected chi connectivity index (χ4v) is 2.99. The molecule has 0 aromatic heterocycles. The summed E-state index contributed by atoms with van der Waals surface area (Å²) in [5, 5.41) is 7.07. The second-order valence-electron chi connectivity index (χ2n) is 6.93. The molecule has 1 fully saturated rings. The van der Waals surface area contributed by atoms with Gasteiger partial charge in [-0.25, -0.2) is 4.99 Å². The first kappa shape index (κ1) is 19.7. The maximum absolute atomic E-state index is 5.18. The van der Waals surface area contributed by atoms with Crippen molar-refractivity contribution >= 4 is 5.96 Å². The molecule has 25 heavy (non-hydrogen) atoms. The van der Waals surface area contributed by atoms with Gasteiger partial charge in [0.15, 0.2) is 5.96 Å². The third-order valence-corrected chi connectivity index (χ3v) is 4.80. The van der Waals surface area contributed by atoms with Gasteiger partial charge in [0.1, 0.15) is 0 Å². The van der Waals surface area contributed by atoms with Gasteiger partial charge in [-0.05, 0) is 37.8 Å². The van der Waals surface area contributed by atoms with Crippen molar-refractivity contribution in [2.45, 2.75) is 39.3 Å². The molecule has 2 N–H and O–H groups in total. The van der Waals surface area contributed by atoms with Crippen LogP contribution in [0, 0.1) is 5.92 Å². The van der Waals surface area contributed by atoms with Gasteiger partial charge in [0.2, 0.25) is 0 Å². The molecule has 1 aromatic carbocycles. The highest BCUT2D eigenvalue weighted by Crippen LogP contribution is 2.14. The number of aliphatic imine (C=N–C) groups is 1. The van der Waals surface area contributed by atoms with Crippen molar-refractivity contribution in [3.8, 4) is 0 Å². The van der Waals surface area contributed by atoms with Crippen molar-refractivity contribution in [2.75, 3.05) is 39.9 Å². The van der Waals surface area contributed by atoms with Gasteiger partial charge in [-0.1, -0.05) is 37.3 Å². The summed E-state index contributed by atoms with van der Waals surface area (Å²) in [4.78, 5) is 7.26. The number of methoxy groups -OCH3 is 1. The van der Waals surface area contributed by atoms with Crippen LogP contribution in [0.3, 0.4) is 0 Å². The molecular weight excluding hydrogens is 312 g/mol. The Kier molecular flexibility index (Phi) is 8.77. The van der Waals surface area contributed by atoms with Gasteiger partial charge in [-0.15, -0.1) is 0 Å². The molecule has 0 saturated carbocycles. The predicted molar refractivity (Wildman–Crippen MR) is 105 cm³/mol. The minimum atomic E-state index is 0.420. The molecular formula is C20H34N4O. The summed E-state index contributed by atoms with van der Waals surface area (Å²) >= 11 is 0. The molecule has 2 atom stereocenters. The lowest BCUT2D eigenvalue weighted by Crippen LogP contribution is -2.44. The molecule has 0 radical (unpaired) electrons. The molecule has 0 amide bonds. The van der Waals surface area contributed by atoms with Crippen molar-refractivity contribution < 1.29 is 4.74 Å². The molecule has 1 aliphatic rings. The van der Waals surface area contributed by atoms with Gasteiger partial charge in [0, 0.05) is 32.8 Å². The summed E-state index contributed by atoms with van der Waals surface area (Å²) in [5.74, 6) is 1.60. The topological polar surface area (TPSA) is 48.9 Å². The lowest BCUT2D eigenvalue weighted by molar-refractivity contribution is 0.159. The van der Waals surface area contributed by atoms with Gasteiger partial charge in [-0.3, -0.25) is 0 Å². The number of rotatable bonds is 9. The van der Waals surface area contributed by atoms with Crippen LogP contribution in [-0.2, 0) is 11.3 Å². The Morgan fingerprint density at radius 1 is 1.36 bits per heavy atom. The summed E-state index contributed by atoms with van der Waals surface area (Å²) in [5.41, 5.74) is 1.24. The minimum absolute atomic E-state index is 0.420. The second-order valence-corrected chi connectivity index (χ2v) is 6.93. The van der Waals surface area contributed by atoms with E-state index in [4.69, 9.17) is 9.73 Å². The number of nitrogens with zero attached hydrogens (tertiary/aromatic N) is 2. The van der Waals surface area contributed by atoms with E-state index in [1.807, 2.05) is 6.07 Å². The molecule has 0 spiro atoms. The largest absolute Gasteiger partial charge is 0.383 e. The van der Waals surface area contributed by atoms with Crippen molar-refractivity contribution in [3.63, 3.8) is 0 Å². The van der Waals surface area contributed by atoms with Crippen LogP contribution in [0.1, 0.15) is 32.3 Å². The lowest BCUT2D eigenvalue weighted by Gasteiger charge is -2.20. The SMILES string of the molecule is CC[C@H](C)NC(=NCc1ccccc1)NC[C@@H]1CCN(CCOC)C1. The molecule has 0 bridgehead atoms. The standard InChI is InChI=1S/C20H34N4O/c1-4-17(2)23-20(21-14-18-8-6-5-7-9-18)22-15-19-10-11-24(16-19)12-13-25-3/h5-9,17,19H,4,10-16H2,1-3H3,(H2,21,22,23)/t17-,19-/m0/s1. The average molecular weight is 347 g/mol. The summed E-state index contributed by atoms with van der Waals surface area (Å²) in [7, 11) is 1.77. The highest BCUT2D eigenvalue weighted by atomic mass is 16.5. The third kappa shape index (κ3) is 7.45. The predicted octanol–water partition coefficient (Wildman–Crippen LogP) is 2.49. The van der Waals surface area contributed by atoms with Crippen molar-refractivity contribution in [1.29, 1.82) is 0 Å².